The second kappa shape index (κ2) is 9.94. The molecule has 0 heterocycles. The fraction of sp³-hybridized carbons (Fsp3) is 0.250. The van der Waals surface area contributed by atoms with Crippen LogP contribution in [0.15, 0.2) is 42.5 Å². The van der Waals surface area contributed by atoms with E-state index in [4.69, 9.17) is 14.9 Å². The van der Waals surface area contributed by atoms with Gasteiger partial charge < -0.3 is 25.0 Å². The van der Waals surface area contributed by atoms with Crippen LogP contribution in [-0.4, -0.2) is 48.8 Å². The lowest BCUT2D eigenvalue weighted by atomic mass is 10.1. The number of rotatable bonds is 8. The average molecular weight is 411 g/mol. The SMILES string of the molecule is COc1ccc(C(=O)NC(CO)CO)cc1/C=C/c1ccc(OC(F)(F)F)cc1. The minimum absolute atomic E-state index is 0.284. The lowest BCUT2D eigenvalue weighted by molar-refractivity contribution is -0.274. The molecule has 29 heavy (non-hydrogen) atoms. The molecule has 0 bridgehead atoms. The Balaban J connectivity index is 2.19. The zero-order valence-corrected chi connectivity index (χ0v) is 15.4. The van der Waals surface area contributed by atoms with Crippen LogP contribution in [-0.2, 0) is 0 Å². The Kier molecular flexibility index (Phi) is 7.63. The van der Waals surface area contributed by atoms with Crippen LogP contribution in [0.3, 0.4) is 0 Å². The number of aliphatic hydroxyl groups excluding tert-OH is 2. The molecule has 156 valence electrons. The quantitative estimate of drug-likeness (QED) is 0.582. The van der Waals surface area contributed by atoms with E-state index >= 15 is 0 Å². The molecule has 1 amide bonds. The summed E-state index contributed by atoms with van der Waals surface area (Å²) in [5, 5.41) is 20.6. The molecule has 6 nitrogen and oxygen atoms in total. The van der Waals surface area contributed by atoms with Crippen molar-refractivity contribution in [1.29, 1.82) is 0 Å². The molecule has 2 aromatic rings. The van der Waals surface area contributed by atoms with Crippen molar-refractivity contribution in [1.82, 2.24) is 5.32 Å². The third-order valence-corrected chi connectivity index (χ3v) is 3.84. The van der Waals surface area contributed by atoms with Gasteiger partial charge in [0.15, 0.2) is 0 Å². The fourth-order valence-electron chi connectivity index (χ4n) is 2.39. The van der Waals surface area contributed by atoms with Crippen LogP contribution < -0.4 is 14.8 Å². The summed E-state index contributed by atoms with van der Waals surface area (Å²) in [5.74, 6) is -0.326. The molecule has 0 unspecified atom stereocenters. The third kappa shape index (κ3) is 6.81. The molecule has 0 aliphatic heterocycles. The molecule has 0 atom stereocenters. The Morgan fingerprint density at radius 3 is 2.31 bits per heavy atom. The first kappa shape index (κ1) is 22.3. The highest BCUT2D eigenvalue weighted by Crippen LogP contribution is 2.25. The van der Waals surface area contributed by atoms with Crippen LogP contribution in [0, 0.1) is 0 Å². The summed E-state index contributed by atoms with van der Waals surface area (Å²) in [6.45, 7) is -0.807. The Labute approximate surface area is 165 Å². The molecule has 3 N–H and O–H groups in total. The maximum atomic E-state index is 12.2. The summed E-state index contributed by atoms with van der Waals surface area (Å²) in [6, 6.07) is 9.18. The lowest BCUT2D eigenvalue weighted by Gasteiger charge is -2.14. The Hall–Kier alpha value is -3.04. The number of alkyl halides is 3. The second-order valence-corrected chi connectivity index (χ2v) is 5.94. The van der Waals surface area contributed by atoms with Crippen molar-refractivity contribution in [3.63, 3.8) is 0 Å². The van der Waals surface area contributed by atoms with Gasteiger partial charge in [0, 0.05) is 11.1 Å². The van der Waals surface area contributed by atoms with Crippen molar-refractivity contribution in [3.8, 4) is 11.5 Å². The summed E-state index contributed by atoms with van der Waals surface area (Å²) in [4.78, 5) is 12.2. The van der Waals surface area contributed by atoms with Crippen molar-refractivity contribution in [2.24, 2.45) is 0 Å². The van der Waals surface area contributed by atoms with Crippen LogP contribution in [0.1, 0.15) is 21.5 Å². The first-order chi connectivity index (χ1) is 13.8. The summed E-state index contributed by atoms with van der Waals surface area (Å²) < 4.78 is 45.7. The molecule has 2 aromatic carbocycles. The van der Waals surface area contributed by atoms with Crippen LogP contribution in [0.4, 0.5) is 13.2 Å². The highest BCUT2D eigenvalue weighted by atomic mass is 19.4. The number of carbonyl (C=O) groups excluding carboxylic acids is 1. The van der Waals surface area contributed by atoms with Crippen molar-refractivity contribution in [3.05, 3.63) is 59.2 Å². The smallest absolute Gasteiger partial charge is 0.496 e. The van der Waals surface area contributed by atoms with Gasteiger partial charge in [-0.15, -0.1) is 13.2 Å². The lowest BCUT2D eigenvalue weighted by Crippen LogP contribution is -2.40. The minimum atomic E-state index is -4.75. The zero-order valence-electron chi connectivity index (χ0n) is 15.4. The maximum absolute atomic E-state index is 12.2. The van der Waals surface area contributed by atoms with Gasteiger partial charge in [-0.1, -0.05) is 24.3 Å². The van der Waals surface area contributed by atoms with Crippen LogP contribution >= 0.6 is 0 Å². The normalized spacial score (nSPS) is 11.7. The fourth-order valence-corrected chi connectivity index (χ4v) is 2.39. The molecule has 0 aromatic heterocycles. The minimum Gasteiger partial charge on any atom is -0.496 e. The number of hydrogen-bond donors (Lipinski definition) is 3. The number of methoxy groups -OCH3 is 1. The predicted octanol–water partition coefficient (Wildman–Crippen LogP) is 2.85. The number of aliphatic hydroxyl groups is 2. The number of benzene rings is 2. The van der Waals surface area contributed by atoms with Gasteiger partial charge in [0.1, 0.15) is 11.5 Å². The molecule has 0 saturated carbocycles. The molecular weight excluding hydrogens is 391 g/mol. The van der Waals surface area contributed by atoms with Gasteiger partial charge in [0.2, 0.25) is 0 Å². The molecule has 9 heteroatoms. The third-order valence-electron chi connectivity index (χ3n) is 3.84. The number of nitrogens with one attached hydrogen (secondary N) is 1. The van der Waals surface area contributed by atoms with E-state index in [0.29, 0.717) is 16.9 Å². The largest absolute Gasteiger partial charge is 0.573 e. The Morgan fingerprint density at radius 2 is 1.76 bits per heavy atom. The highest BCUT2D eigenvalue weighted by molar-refractivity contribution is 5.95. The van der Waals surface area contributed by atoms with Crippen LogP contribution in [0.25, 0.3) is 12.2 Å². The standard InChI is InChI=1S/C20H20F3NO5/c1-28-18-9-6-15(19(27)24-16(11-25)12-26)10-14(18)5-2-13-3-7-17(8-4-13)29-20(21,22)23/h2-10,16,25-26H,11-12H2,1H3,(H,24,27)/b5-2+. The topological polar surface area (TPSA) is 88.0 Å². The number of halogens is 3. The van der Waals surface area contributed by atoms with Gasteiger partial charge in [-0.05, 0) is 35.9 Å². The molecule has 0 fully saturated rings. The van der Waals surface area contributed by atoms with Crippen molar-refractivity contribution in [2.45, 2.75) is 12.4 Å². The van der Waals surface area contributed by atoms with Crippen LogP contribution in [0.2, 0.25) is 0 Å². The predicted molar refractivity (Wildman–Crippen MR) is 100 cm³/mol. The van der Waals surface area contributed by atoms with E-state index in [1.165, 1.54) is 37.4 Å². The Bertz CT molecular complexity index is 846. The van der Waals surface area contributed by atoms with Gasteiger partial charge in [0.05, 0.1) is 26.4 Å². The van der Waals surface area contributed by atoms with E-state index in [0.717, 1.165) is 0 Å². The van der Waals surface area contributed by atoms with Gasteiger partial charge in [-0.3, -0.25) is 4.79 Å². The number of ether oxygens (including phenoxy) is 2. The first-order valence-electron chi connectivity index (χ1n) is 8.50. The average Bonchev–Trinajstić information content (AvgIpc) is 2.70. The molecular formula is C20H20F3NO5. The second-order valence-electron chi connectivity index (χ2n) is 5.94. The Morgan fingerprint density at radius 1 is 1.10 bits per heavy atom. The van der Waals surface area contributed by atoms with Crippen molar-refractivity contribution >= 4 is 18.1 Å². The van der Waals surface area contributed by atoms with E-state index in [1.807, 2.05) is 0 Å². The molecule has 0 aliphatic carbocycles. The van der Waals surface area contributed by atoms with Gasteiger partial charge in [-0.2, -0.15) is 0 Å². The van der Waals surface area contributed by atoms with Crippen molar-refractivity contribution in [2.75, 3.05) is 20.3 Å². The van der Waals surface area contributed by atoms with Gasteiger partial charge >= 0.3 is 6.36 Å². The summed E-state index contributed by atoms with van der Waals surface area (Å²) in [5.41, 5.74) is 1.45. The molecule has 0 aliphatic rings. The number of carbonyl (C=O) groups is 1. The first-order valence-corrected chi connectivity index (χ1v) is 8.50. The van der Waals surface area contributed by atoms with Crippen LogP contribution in [0.5, 0.6) is 11.5 Å². The van der Waals surface area contributed by atoms with E-state index < -0.39 is 31.5 Å². The molecule has 2 rings (SSSR count). The molecule has 0 saturated heterocycles. The number of hydrogen-bond acceptors (Lipinski definition) is 5. The molecule has 0 radical (unpaired) electrons. The van der Waals surface area contributed by atoms with E-state index in [9.17, 15) is 18.0 Å². The molecule has 0 spiro atoms. The summed E-state index contributed by atoms with van der Waals surface area (Å²) in [6.07, 6.45) is -1.47. The van der Waals surface area contributed by atoms with E-state index in [-0.39, 0.29) is 11.3 Å². The summed E-state index contributed by atoms with van der Waals surface area (Å²) >= 11 is 0. The number of amides is 1. The highest BCUT2D eigenvalue weighted by Gasteiger charge is 2.30. The zero-order chi connectivity index (χ0) is 21.4. The monoisotopic (exact) mass is 411 g/mol. The van der Waals surface area contributed by atoms with Gasteiger partial charge in [-0.25, -0.2) is 0 Å². The van der Waals surface area contributed by atoms with Gasteiger partial charge in [0.25, 0.3) is 5.91 Å². The van der Waals surface area contributed by atoms with E-state index in [1.54, 1.807) is 24.3 Å². The van der Waals surface area contributed by atoms with E-state index in [2.05, 4.69) is 10.1 Å². The van der Waals surface area contributed by atoms with Crippen molar-refractivity contribution < 1.29 is 37.7 Å². The summed E-state index contributed by atoms with van der Waals surface area (Å²) in [7, 11) is 1.46. The maximum Gasteiger partial charge on any atom is 0.573 e.